The van der Waals surface area contributed by atoms with Gasteiger partial charge in [-0.1, -0.05) is 41.9 Å². The first-order valence-corrected chi connectivity index (χ1v) is 7.17. The van der Waals surface area contributed by atoms with Crippen molar-refractivity contribution in [3.8, 4) is 0 Å². The summed E-state index contributed by atoms with van der Waals surface area (Å²) in [5, 5.41) is 4.90. The number of rotatable bonds is 1. The molecule has 1 aliphatic heterocycles. The summed E-state index contributed by atoms with van der Waals surface area (Å²) in [7, 11) is 0. The molecule has 1 unspecified atom stereocenters. The van der Waals surface area contributed by atoms with Crippen LogP contribution < -0.4 is 5.32 Å². The summed E-state index contributed by atoms with van der Waals surface area (Å²) in [6, 6.07) is 15.3. The molecule has 0 saturated carbocycles. The van der Waals surface area contributed by atoms with E-state index >= 15 is 0 Å². The molecule has 2 aromatic carbocycles. The van der Waals surface area contributed by atoms with Crippen LogP contribution in [0.15, 0.2) is 52.9 Å². The highest BCUT2D eigenvalue weighted by Crippen LogP contribution is 2.40. The molecule has 0 amide bonds. The monoisotopic (exact) mass is 297 g/mol. The van der Waals surface area contributed by atoms with Gasteiger partial charge in [-0.2, -0.15) is 0 Å². The van der Waals surface area contributed by atoms with Crippen LogP contribution in [0, 0.1) is 0 Å². The Balaban J connectivity index is 1.85. The molecule has 3 nitrogen and oxygen atoms in total. The molecule has 0 radical (unpaired) electrons. The molecule has 1 aliphatic rings. The zero-order valence-corrected chi connectivity index (χ0v) is 11.9. The van der Waals surface area contributed by atoms with Gasteiger partial charge < -0.3 is 9.73 Å². The molecule has 1 atom stereocenters. The number of anilines is 1. The number of fused-ring (bicyclic) bond motifs is 3. The Hall–Kier alpha value is -2.26. The molecule has 1 N–H and O–H groups in total. The van der Waals surface area contributed by atoms with Crippen LogP contribution in [0.5, 0.6) is 0 Å². The van der Waals surface area contributed by atoms with E-state index in [1.165, 1.54) is 0 Å². The van der Waals surface area contributed by atoms with E-state index in [1.54, 1.807) is 12.1 Å². The zero-order valence-electron chi connectivity index (χ0n) is 11.1. The van der Waals surface area contributed by atoms with Crippen molar-refractivity contribution >= 4 is 34.0 Å². The molecule has 1 aromatic heterocycles. The highest BCUT2D eigenvalue weighted by atomic mass is 35.5. The predicted octanol–water partition coefficient (Wildman–Crippen LogP) is 4.83. The van der Waals surface area contributed by atoms with E-state index < -0.39 is 0 Å². The normalized spacial score (nSPS) is 17.6. The molecule has 0 bridgehead atoms. The van der Waals surface area contributed by atoms with Gasteiger partial charge in [-0.25, -0.2) is 0 Å². The Kier molecular flexibility index (Phi) is 2.76. The molecule has 4 heteroatoms. The minimum atomic E-state index is -0.0361. The van der Waals surface area contributed by atoms with E-state index in [0.717, 1.165) is 16.6 Å². The summed E-state index contributed by atoms with van der Waals surface area (Å²) >= 11 is 6.05. The maximum atomic E-state index is 12.4. The summed E-state index contributed by atoms with van der Waals surface area (Å²) in [5.74, 6) is 0.421. The number of Topliss-reactive ketones (excluding diaryl/α,β-unsaturated/α-hetero) is 1. The van der Waals surface area contributed by atoms with Crippen LogP contribution >= 0.6 is 11.6 Å². The van der Waals surface area contributed by atoms with Crippen LogP contribution in [0.3, 0.4) is 0 Å². The van der Waals surface area contributed by atoms with Gasteiger partial charge in [0.25, 0.3) is 0 Å². The van der Waals surface area contributed by atoms with Crippen molar-refractivity contribution in [3.05, 3.63) is 64.9 Å². The van der Waals surface area contributed by atoms with Gasteiger partial charge in [0.05, 0.1) is 11.7 Å². The van der Waals surface area contributed by atoms with Crippen LogP contribution in [0.25, 0.3) is 11.0 Å². The van der Waals surface area contributed by atoms with Crippen molar-refractivity contribution in [2.75, 3.05) is 5.32 Å². The first kappa shape index (κ1) is 12.5. The fourth-order valence-corrected chi connectivity index (χ4v) is 2.97. The summed E-state index contributed by atoms with van der Waals surface area (Å²) < 4.78 is 5.67. The number of carbonyl (C=O) groups excluding carboxylic acids is 1. The van der Waals surface area contributed by atoms with E-state index in [4.69, 9.17) is 16.0 Å². The fourth-order valence-electron chi connectivity index (χ4n) is 2.80. The van der Waals surface area contributed by atoms with Crippen molar-refractivity contribution in [1.82, 2.24) is 0 Å². The third kappa shape index (κ3) is 2.01. The topological polar surface area (TPSA) is 42.2 Å². The average molecular weight is 298 g/mol. The van der Waals surface area contributed by atoms with Crippen LogP contribution in [0.4, 0.5) is 5.69 Å². The maximum Gasteiger partial charge on any atom is 0.202 e. The fraction of sp³-hybridized carbons (Fsp3) is 0.118. The van der Waals surface area contributed by atoms with Gasteiger partial charge in [0.2, 0.25) is 5.78 Å². The van der Waals surface area contributed by atoms with Gasteiger partial charge in [0.15, 0.2) is 5.76 Å². The lowest BCUT2D eigenvalue weighted by Crippen LogP contribution is -2.21. The molecule has 21 heavy (non-hydrogen) atoms. The second kappa shape index (κ2) is 4.64. The molecule has 0 spiro atoms. The number of halogens is 1. The molecule has 3 aromatic rings. The van der Waals surface area contributed by atoms with E-state index in [0.29, 0.717) is 22.8 Å². The number of benzene rings is 2. The lowest BCUT2D eigenvalue weighted by Gasteiger charge is -2.23. The minimum Gasteiger partial charge on any atom is -0.451 e. The standard InChI is InChI=1S/C17H12ClNO2/c18-11-6-7-15-12(8-11)16-17(21-15)14(20)9-13(19-16)10-4-2-1-3-5-10/h1-8,13,19H,9H2. The summed E-state index contributed by atoms with van der Waals surface area (Å²) in [6.07, 6.45) is 0.393. The number of ketones is 1. The molecule has 0 aliphatic carbocycles. The highest BCUT2D eigenvalue weighted by molar-refractivity contribution is 6.31. The number of carbonyl (C=O) groups is 1. The van der Waals surface area contributed by atoms with E-state index in [9.17, 15) is 4.79 Å². The predicted molar refractivity (Wildman–Crippen MR) is 83.0 cm³/mol. The van der Waals surface area contributed by atoms with Gasteiger partial charge in [0, 0.05) is 16.8 Å². The van der Waals surface area contributed by atoms with E-state index in [2.05, 4.69) is 5.32 Å². The average Bonchev–Trinajstić information content (AvgIpc) is 2.87. The minimum absolute atomic E-state index is 0.0184. The first-order valence-electron chi connectivity index (χ1n) is 6.79. The Bertz CT molecular complexity index is 839. The van der Waals surface area contributed by atoms with Gasteiger partial charge in [-0.3, -0.25) is 4.79 Å². The highest BCUT2D eigenvalue weighted by Gasteiger charge is 2.30. The Morgan fingerprint density at radius 3 is 2.76 bits per heavy atom. The third-order valence-electron chi connectivity index (χ3n) is 3.81. The van der Waals surface area contributed by atoms with Gasteiger partial charge in [-0.15, -0.1) is 0 Å². The largest absolute Gasteiger partial charge is 0.451 e. The van der Waals surface area contributed by atoms with Crippen LogP contribution in [0.2, 0.25) is 5.02 Å². The number of hydrogen-bond acceptors (Lipinski definition) is 3. The summed E-state index contributed by atoms with van der Waals surface area (Å²) in [6.45, 7) is 0. The van der Waals surface area contributed by atoms with E-state index in [-0.39, 0.29) is 11.8 Å². The second-order valence-electron chi connectivity index (χ2n) is 5.18. The molecule has 0 fully saturated rings. The number of hydrogen-bond donors (Lipinski definition) is 1. The lowest BCUT2D eigenvalue weighted by atomic mass is 9.96. The van der Waals surface area contributed by atoms with Crippen molar-refractivity contribution < 1.29 is 9.21 Å². The summed E-state index contributed by atoms with van der Waals surface area (Å²) in [5.41, 5.74) is 2.52. The van der Waals surface area contributed by atoms with Gasteiger partial charge in [-0.05, 0) is 23.8 Å². The van der Waals surface area contributed by atoms with Crippen LogP contribution in [0.1, 0.15) is 28.6 Å². The van der Waals surface area contributed by atoms with Crippen LogP contribution in [-0.2, 0) is 0 Å². The number of furan rings is 1. The van der Waals surface area contributed by atoms with Gasteiger partial charge in [0.1, 0.15) is 5.58 Å². The van der Waals surface area contributed by atoms with Crippen molar-refractivity contribution in [2.45, 2.75) is 12.5 Å². The van der Waals surface area contributed by atoms with Crippen molar-refractivity contribution in [1.29, 1.82) is 0 Å². The first-order chi connectivity index (χ1) is 10.2. The smallest absolute Gasteiger partial charge is 0.202 e. The molecule has 104 valence electrons. The lowest BCUT2D eigenvalue weighted by molar-refractivity contribution is 0.0946. The zero-order chi connectivity index (χ0) is 14.4. The molecule has 2 heterocycles. The second-order valence-corrected chi connectivity index (χ2v) is 5.62. The van der Waals surface area contributed by atoms with Gasteiger partial charge >= 0.3 is 0 Å². The van der Waals surface area contributed by atoms with E-state index in [1.807, 2.05) is 36.4 Å². The molecular formula is C17H12ClNO2. The van der Waals surface area contributed by atoms with Crippen molar-refractivity contribution in [3.63, 3.8) is 0 Å². The molecule has 4 rings (SSSR count). The van der Waals surface area contributed by atoms with Crippen LogP contribution in [-0.4, -0.2) is 5.78 Å². The quantitative estimate of drug-likeness (QED) is 0.700. The molecule has 0 saturated heterocycles. The van der Waals surface area contributed by atoms with Crippen molar-refractivity contribution in [2.24, 2.45) is 0 Å². The maximum absolute atomic E-state index is 12.4. The number of nitrogens with one attached hydrogen (secondary N) is 1. The third-order valence-corrected chi connectivity index (χ3v) is 4.05. The molecular weight excluding hydrogens is 286 g/mol. The SMILES string of the molecule is O=C1CC(c2ccccc2)Nc2c1oc1ccc(Cl)cc21. The Labute approximate surface area is 126 Å². The Morgan fingerprint density at radius 2 is 1.95 bits per heavy atom. The Morgan fingerprint density at radius 1 is 1.14 bits per heavy atom. The summed E-state index contributed by atoms with van der Waals surface area (Å²) in [4.78, 5) is 12.4.